The van der Waals surface area contributed by atoms with Gasteiger partial charge in [0.25, 0.3) is 0 Å². The molecule has 11 heteroatoms. The topological polar surface area (TPSA) is 189 Å². The summed E-state index contributed by atoms with van der Waals surface area (Å²) in [4.78, 5) is 13.3. The Labute approximate surface area is 532 Å². The van der Waals surface area contributed by atoms with Gasteiger partial charge in [-0.25, -0.2) is 0 Å². The predicted octanol–water partition coefficient (Wildman–Crippen LogP) is 19.2. The monoisotopic (exact) mass is 1220 g/mol. The highest BCUT2D eigenvalue weighted by atomic mass is 16.7. The molecule has 0 aromatic carbocycles. The van der Waals surface area contributed by atoms with E-state index in [1.54, 1.807) is 0 Å². The van der Waals surface area contributed by atoms with Crippen LogP contribution in [0.2, 0.25) is 0 Å². The molecule has 1 aliphatic rings. The van der Waals surface area contributed by atoms with Gasteiger partial charge >= 0.3 is 0 Å². The van der Waals surface area contributed by atoms with E-state index in [0.29, 0.717) is 19.3 Å². The summed E-state index contributed by atoms with van der Waals surface area (Å²) in [7, 11) is 0. The molecule has 0 aromatic heterocycles. The Morgan fingerprint density at radius 1 is 0.360 bits per heavy atom. The number of hydrogen-bond donors (Lipinski definition) is 8. The molecule has 1 aliphatic heterocycles. The summed E-state index contributed by atoms with van der Waals surface area (Å²) >= 11 is 0. The van der Waals surface area contributed by atoms with E-state index in [2.05, 4.69) is 19.2 Å². The van der Waals surface area contributed by atoms with Gasteiger partial charge < -0.3 is 50.5 Å². The van der Waals surface area contributed by atoms with E-state index in [4.69, 9.17) is 9.47 Å². The number of nitrogens with one attached hydrogen (secondary N) is 1. The van der Waals surface area contributed by atoms with Gasteiger partial charge in [-0.1, -0.05) is 393 Å². The first-order chi connectivity index (χ1) is 42.2. The average molecular weight is 1230 g/mol. The zero-order chi connectivity index (χ0) is 62.4. The summed E-state index contributed by atoms with van der Waals surface area (Å²) in [6.07, 6.45) is 67.9. The number of unbranched alkanes of at least 4 members (excludes halogenated alkanes) is 57. The molecular formula is C75H149NO10. The van der Waals surface area contributed by atoms with E-state index in [1.165, 1.54) is 327 Å². The first kappa shape index (κ1) is 83.1. The zero-order valence-electron chi connectivity index (χ0n) is 57.1. The van der Waals surface area contributed by atoms with Gasteiger partial charge in [0.2, 0.25) is 5.91 Å². The second-order valence-electron chi connectivity index (χ2n) is 27.4. The van der Waals surface area contributed by atoms with Gasteiger partial charge in [-0.2, -0.15) is 0 Å². The van der Waals surface area contributed by atoms with Crippen molar-refractivity contribution in [2.24, 2.45) is 0 Å². The summed E-state index contributed by atoms with van der Waals surface area (Å²) in [5, 5.41) is 76.6. The summed E-state index contributed by atoms with van der Waals surface area (Å²) in [5.74, 6) is -0.686. The van der Waals surface area contributed by atoms with E-state index in [9.17, 15) is 40.5 Å². The Morgan fingerprint density at radius 2 is 0.605 bits per heavy atom. The first-order valence-corrected chi connectivity index (χ1v) is 38.4. The Bertz CT molecular complexity index is 1360. The van der Waals surface area contributed by atoms with Crippen molar-refractivity contribution in [3.8, 4) is 0 Å². The maximum absolute atomic E-state index is 13.3. The average Bonchev–Trinajstić information content (AvgIpc) is 2.54. The molecule has 86 heavy (non-hydrogen) atoms. The predicted molar refractivity (Wildman–Crippen MR) is 363 cm³/mol. The standard InChI is InChI=1S/C75H149NO10/c1-3-5-7-9-11-13-15-17-19-21-23-25-26-27-28-29-30-31-32-33-34-35-36-37-38-39-40-41-43-45-47-49-51-53-55-57-59-61-63-68(79)74(84)76-66(65-85-75-73(83)72(82)71(81)69(64-77)86-75)70(80)67(78)62-60-58-56-54-52-50-48-46-44-42-24-22-20-18-16-14-12-10-8-6-4-2/h66-73,75,77-83H,3-65H2,1-2H3,(H,76,84). The molecular weight excluding hydrogens is 1070 g/mol. The fraction of sp³-hybridized carbons (Fsp3) is 0.987. The molecule has 0 aliphatic carbocycles. The molecule has 9 atom stereocenters. The van der Waals surface area contributed by atoms with Crippen molar-refractivity contribution in [1.82, 2.24) is 5.32 Å². The van der Waals surface area contributed by atoms with Crippen LogP contribution in [0.1, 0.15) is 406 Å². The largest absolute Gasteiger partial charge is 0.394 e. The number of aliphatic hydroxyl groups is 7. The number of rotatable bonds is 69. The van der Waals surface area contributed by atoms with Crippen LogP contribution < -0.4 is 5.32 Å². The second-order valence-corrected chi connectivity index (χ2v) is 27.4. The second kappa shape index (κ2) is 64.2. The molecule has 1 rings (SSSR count). The molecule has 0 bridgehead atoms. The molecule has 0 aromatic rings. The van der Waals surface area contributed by atoms with Crippen molar-refractivity contribution in [3.63, 3.8) is 0 Å². The van der Waals surface area contributed by atoms with E-state index >= 15 is 0 Å². The molecule has 1 amide bonds. The molecule has 0 spiro atoms. The lowest BCUT2D eigenvalue weighted by Gasteiger charge is -2.40. The van der Waals surface area contributed by atoms with Crippen LogP contribution in [-0.2, 0) is 14.3 Å². The van der Waals surface area contributed by atoms with E-state index in [1.807, 2.05) is 0 Å². The minimum atomic E-state index is -1.66. The minimum Gasteiger partial charge on any atom is -0.394 e. The third-order valence-corrected chi connectivity index (χ3v) is 19.2. The van der Waals surface area contributed by atoms with Gasteiger partial charge in [0.15, 0.2) is 6.29 Å². The first-order valence-electron chi connectivity index (χ1n) is 38.4. The molecule has 0 saturated carbocycles. The Balaban J connectivity index is 2.09. The lowest BCUT2D eigenvalue weighted by atomic mass is 9.98. The van der Waals surface area contributed by atoms with Gasteiger partial charge in [-0.05, 0) is 12.8 Å². The molecule has 1 fully saturated rings. The third-order valence-electron chi connectivity index (χ3n) is 19.2. The van der Waals surface area contributed by atoms with Crippen LogP contribution >= 0.6 is 0 Å². The highest BCUT2D eigenvalue weighted by Crippen LogP contribution is 2.25. The van der Waals surface area contributed by atoms with Crippen LogP contribution in [0.4, 0.5) is 0 Å². The maximum atomic E-state index is 13.3. The number of aliphatic hydroxyl groups excluding tert-OH is 7. The molecule has 1 heterocycles. The zero-order valence-corrected chi connectivity index (χ0v) is 57.1. The molecule has 11 nitrogen and oxygen atoms in total. The highest BCUT2D eigenvalue weighted by molar-refractivity contribution is 5.80. The maximum Gasteiger partial charge on any atom is 0.249 e. The van der Waals surface area contributed by atoms with Crippen molar-refractivity contribution in [2.45, 2.75) is 461 Å². The fourth-order valence-corrected chi connectivity index (χ4v) is 13.0. The molecule has 0 radical (unpaired) electrons. The van der Waals surface area contributed by atoms with Crippen LogP contribution in [-0.4, -0.2) is 110 Å². The van der Waals surface area contributed by atoms with Gasteiger partial charge in [0.05, 0.1) is 25.4 Å². The number of carbonyl (C=O) groups excluding carboxylic acids is 1. The van der Waals surface area contributed by atoms with Crippen LogP contribution in [0, 0.1) is 0 Å². The summed E-state index contributed by atoms with van der Waals surface area (Å²) in [5.41, 5.74) is 0. The summed E-state index contributed by atoms with van der Waals surface area (Å²) < 4.78 is 11.2. The molecule has 8 N–H and O–H groups in total. The van der Waals surface area contributed by atoms with Gasteiger partial charge in [0, 0.05) is 0 Å². The molecule has 1 saturated heterocycles. The minimum absolute atomic E-state index is 0.268. The number of hydrogen-bond acceptors (Lipinski definition) is 10. The van der Waals surface area contributed by atoms with Crippen molar-refractivity contribution in [3.05, 3.63) is 0 Å². The van der Waals surface area contributed by atoms with Crippen LogP contribution in [0.5, 0.6) is 0 Å². The van der Waals surface area contributed by atoms with Gasteiger partial charge in [-0.15, -0.1) is 0 Å². The summed E-state index contributed by atoms with van der Waals surface area (Å²) in [6, 6.07) is -1.16. The number of amides is 1. The quantitative estimate of drug-likeness (QED) is 0.0272. The Hall–Kier alpha value is -0.890. The molecule has 9 unspecified atom stereocenters. The van der Waals surface area contributed by atoms with E-state index in [-0.39, 0.29) is 6.42 Å². The normalized spacial score (nSPS) is 18.6. The van der Waals surface area contributed by atoms with E-state index in [0.717, 1.165) is 38.5 Å². The lowest BCUT2D eigenvalue weighted by Crippen LogP contribution is -2.60. The number of ether oxygens (including phenoxy) is 2. The smallest absolute Gasteiger partial charge is 0.249 e. The van der Waals surface area contributed by atoms with Crippen molar-refractivity contribution in [2.75, 3.05) is 13.2 Å². The van der Waals surface area contributed by atoms with Crippen molar-refractivity contribution < 1.29 is 50.0 Å². The van der Waals surface area contributed by atoms with Crippen molar-refractivity contribution >= 4 is 5.91 Å². The van der Waals surface area contributed by atoms with Crippen LogP contribution in [0.25, 0.3) is 0 Å². The summed E-state index contributed by atoms with van der Waals surface area (Å²) in [6.45, 7) is 3.53. The van der Waals surface area contributed by atoms with Gasteiger partial charge in [0.1, 0.15) is 36.6 Å². The van der Waals surface area contributed by atoms with Gasteiger partial charge in [-0.3, -0.25) is 4.79 Å². The molecule has 514 valence electrons. The lowest BCUT2D eigenvalue weighted by molar-refractivity contribution is -0.303. The number of carbonyl (C=O) groups is 1. The third kappa shape index (κ3) is 50.7. The SMILES string of the molecule is CCCCCCCCCCCCCCCCCCCCCCCCCCCCCCCCCCCCCCCCC(O)C(=O)NC(COC1OC(CO)C(O)C(O)C1O)C(O)C(O)CCCCCCCCCCCCCCCCCCCCCCC. The Kier molecular flexibility index (Phi) is 62.1. The fourth-order valence-electron chi connectivity index (χ4n) is 13.0. The van der Waals surface area contributed by atoms with Crippen molar-refractivity contribution in [1.29, 1.82) is 0 Å². The van der Waals surface area contributed by atoms with Crippen LogP contribution in [0.15, 0.2) is 0 Å². The highest BCUT2D eigenvalue weighted by Gasteiger charge is 2.44. The Morgan fingerprint density at radius 3 is 0.860 bits per heavy atom. The van der Waals surface area contributed by atoms with Crippen LogP contribution in [0.3, 0.4) is 0 Å². The van der Waals surface area contributed by atoms with E-state index < -0.39 is 74.2 Å².